The Bertz CT molecular complexity index is 1040. The van der Waals surface area contributed by atoms with E-state index in [9.17, 15) is 4.79 Å². The summed E-state index contributed by atoms with van der Waals surface area (Å²) in [7, 11) is 1.66. The lowest BCUT2D eigenvalue weighted by atomic mass is 10.0. The summed E-state index contributed by atoms with van der Waals surface area (Å²) in [5, 5.41) is 4.44. The molecule has 0 unspecified atom stereocenters. The highest BCUT2D eigenvalue weighted by Crippen LogP contribution is 2.32. The number of aromatic nitrogens is 3. The van der Waals surface area contributed by atoms with Gasteiger partial charge in [-0.05, 0) is 18.1 Å². The lowest BCUT2D eigenvalue weighted by Gasteiger charge is -2.37. The van der Waals surface area contributed by atoms with E-state index in [1.807, 2.05) is 61.5 Å². The van der Waals surface area contributed by atoms with E-state index in [1.165, 1.54) is 0 Å². The largest absolute Gasteiger partial charge is 0.496 e. The van der Waals surface area contributed by atoms with Crippen molar-refractivity contribution >= 4 is 17.4 Å². The van der Waals surface area contributed by atoms with Crippen molar-refractivity contribution in [2.24, 2.45) is 11.7 Å². The number of amides is 1. The van der Waals surface area contributed by atoms with Crippen LogP contribution in [0.2, 0.25) is 0 Å². The fourth-order valence-electron chi connectivity index (χ4n) is 3.74. The number of carbonyl (C=O) groups is 1. The summed E-state index contributed by atoms with van der Waals surface area (Å²) in [6, 6.07) is 9.37. The summed E-state index contributed by atoms with van der Waals surface area (Å²) in [4.78, 5) is 21.5. The molecule has 1 aromatic carbocycles. The summed E-state index contributed by atoms with van der Waals surface area (Å²) in [5.41, 5.74) is 8.70. The maximum atomic E-state index is 12.5. The average Bonchev–Trinajstić information content (AvgIpc) is 3.21. The van der Waals surface area contributed by atoms with Gasteiger partial charge >= 0.3 is 0 Å². The van der Waals surface area contributed by atoms with Gasteiger partial charge in [-0.25, -0.2) is 9.50 Å². The number of nitrogens with zero attached hydrogens (tertiary/aromatic N) is 5. The number of methoxy groups -OCH3 is 1. The van der Waals surface area contributed by atoms with Gasteiger partial charge < -0.3 is 20.3 Å². The van der Waals surface area contributed by atoms with Crippen LogP contribution in [-0.4, -0.2) is 64.7 Å². The van der Waals surface area contributed by atoms with E-state index in [0.29, 0.717) is 13.1 Å². The number of hydrogen-bond donors (Lipinski definition) is 1. The van der Waals surface area contributed by atoms with Crippen LogP contribution in [0, 0.1) is 5.92 Å². The van der Waals surface area contributed by atoms with Gasteiger partial charge in [0.05, 0.1) is 24.9 Å². The van der Waals surface area contributed by atoms with Gasteiger partial charge in [-0.2, -0.15) is 5.10 Å². The molecule has 0 spiro atoms. The van der Waals surface area contributed by atoms with Gasteiger partial charge in [0.2, 0.25) is 5.91 Å². The minimum Gasteiger partial charge on any atom is -0.496 e. The second-order valence-electron chi connectivity index (χ2n) is 7.89. The number of carbonyl (C=O) groups excluding carboxylic acids is 1. The van der Waals surface area contributed by atoms with E-state index in [0.717, 1.165) is 41.4 Å². The number of para-hydroxylation sites is 1. The van der Waals surface area contributed by atoms with E-state index in [2.05, 4.69) is 10.00 Å². The molecule has 0 aliphatic carbocycles. The minimum absolute atomic E-state index is 0.0299. The van der Waals surface area contributed by atoms with Gasteiger partial charge in [0.1, 0.15) is 11.6 Å². The number of nitrogens with two attached hydrogens (primary N) is 1. The molecule has 1 aliphatic rings. The van der Waals surface area contributed by atoms with Gasteiger partial charge in [-0.3, -0.25) is 4.79 Å². The van der Waals surface area contributed by atoms with Crippen molar-refractivity contribution < 1.29 is 9.53 Å². The van der Waals surface area contributed by atoms with Gasteiger partial charge in [0.15, 0.2) is 5.65 Å². The van der Waals surface area contributed by atoms with E-state index in [4.69, 9.17) is 15.5 Å². The normalized spacial score (nSPS) is 15.6. The Kier molecular flexibility index (Phi) is 5.59. The molecule has 4 rings (SSSR count). The molecule has 1 amide bonds. The molecule has 3 heterocycles. The number of ether oxygens (including phenoxy) is 1. The van der Waals surface area contributed by atoms with Crippen molar-refractivity contribution in [2.45, 2.75) is 19.9 Å². The predicted octanol–water partition coefficient (Wildman–Crippen LogP) is 2.04. The van der Waals surface area contributed by atoms with E-state index in [-0.39, 0.29) is 11.8 Å². The Balaban J connectivity index is 1.56. The molecule has 8 heteroatoms. The molecule has 3 aromatic rings. The van der Waals surface area contributed by atoms with Crippen LogP contribution in [0.1, 0.15) is 13.8 Å². The topological polar surface area (TPSA) is 89.0 Å². The van der Waals surface area contributed by atoms with Crippen molar-refractivity contribution in [3.63, 3.8) is 0 Å². The molecule has 1 aliphatic heterocycles. The number of anilines is 1. The molecule has 30 heavy (non-hydrogen) atoms. The van der Waals surface area contributed by atoms with Gasteiger partial charge in [-0.1, -0.05) is 32.0 Å². The van der Waals surface area contributed by atoms with Crippen LogP contribution < -0.4 is 15.4 Å². The zero-order valence-corrected chi connectivity index (χ0v) is 17.7. The third-order valence-corrected chi connectivity index (χ3v) is 5.67. The molecular weight excluding hydrogens is 380 g/mol. The smallest absolute Gasteiger partial charge is 0.239 e. The summed E-state index contributed by atoms with van der Waals surface area (Å²) >= 11 is 0. The van der Waals surface area contributed by atoms with Gasteiger partial charge in [0, 0.05) is 37.9 Å². The number of rotatable bonds is 5. The van der Waals surface area contributed by atoms with Crippen LogP contribution in [0.3, 0.4) is 0 Å². The van der Waals surface area contributed by atoms with Gasteiger partial charge in [0.25, 0.3) is 0 Å². The standard InChI is InChI=1S/C22H28N6O2/c1-15(2)20(23)22(29)27-12-10-26(11-13-27)19-8-9-28-21(25-19)17(14-24-28)16-6-4-5-7-18(16)30-3/h4-9,14-15,20H,10-13,23H2,1-3H3/t20-/m0/s1. The van der Waals surface area contributed by atoms with Crippen molar-refractivity contribution in [1.29, 1.82) is 0 Å². The first-order chi connectivity index (χ1) is 14.5. The van der Waals surface area contributed by atoms with Crippen LogP contribution >= 0.6 is 0 Å². The predicted molar refractivity (Wildman–Crippen MR) is 117 cm³/mol. The van der Waals surface area contributed by atoms with Crippen molar-refractivity contribution in [1.82, 2.24) is 19.5 Å². The first-order valence-electron chi connectivity index (χ1n) is 10.3. The summed E-state index contributed by atoms with van der Waals surface area (Å²) in [6.07, 6.45) is 3.73. The highest BCUT2D eigenvalue weighted by molar-refractivity contribution is 5.83. The van der Waals surface area contributed by atoms with Crippen LogP contribution in [0.5, 0.6) is 5.75 Å². The minimum atomic E-state index is -0.443. The Morgan fingerprint density at radius 2 is 1.83 bits per heavy atom. The van der Waals surface area contributed by atoms with Crippen LogP contribution in [0.15, 0.2) is 42.7 Å². The average molecular weight is 409 g/mol. The Hall–Kier alpha value is -3.13. The SMILES string of the molecule is COc1ccccc1-c1cnn2ccc(N3CCN(C(=O)[C@@H](N)C(C)C)CC3)nc12. The molecule has 2 N–H and O–H groups in total. The molecule has 0 saturated carbocycles. The zero-order valence-electron chi connectivity index (χ0n) is 17.7. The second kappa shape index (κ2) is 8.31. The monoisotopic (exact) mass is 408 g/mol. The first-order valence-corrected chi connectivity index (χ1v) is 10.3. The number of piperazine rings is 1. The summed E-state index contributed by atoms with van der Waals surface area (Å²) in [5.74, 6) is 1.82. The van der Waals surface area contributed by atoms with Crippen LogP contribution in [0.4, 0.5) is 5.82 Å². The van der Waals surface area contributed by atoms with Crippen LogP contribution in [0.25, 0.3) is 16.8 Å². The van der Waals surface area contributed by atoms with Crippen molar-refractivity contribution in [2.75, 3.05) is 38.2 Å². The molecule has 1 saturated heterocycles. The third-order valence-electron chi connectivity index (χ3n) is 5.67. The zero-order chi connectivity index (χ0) is 21.3. The van der Waals surface area contributed by atoms with Gasteiger partial charge in [-0.15, -0.1) is 0 Å². The molecule has 2 aromatic heterocycles. The lowest BCUT2D eigenvalue weighted by molar-refractivity contribution is -0.133. The highest BCUT2D eigenvalue weighted by atomic mass is 16.5. The fraction of sp³-hybridized carbons (Fsp3) is 0.409. The second-order valence-corrected chi connectivity index (χ2v) is 7.89. The van der Waals surface area contributed by atoms with Crippen molar-refractivity contribution in [3.05, 3.63) is 42.7 Å². The maximum Gasteiger partial charge on any atom is 0.239 e. The van der Waals surface area contributed by atoms with E-state index in [1.54, 1.807) is 11.6 Å². The molecule has 1 fully saturated rings. The molecule has 0 bridgehead atoms. The van der Waals surface area contributed by atoms with Crippen molar-refractivity contribution in [3.8, 4) is 16.9 Å². The quantitative estimate of drug-likeness (QED) is 0.695. The molecule has 1 atom stereocenters. The molecule has 158 valence electrons. The lowest BCUT2D eigenvalue weighted by Crippen LogP contribution is -2.54. The first kappa shape index (κ1) is 20.2. The number of fused-ring (bicyclic) bond motifs is 1. The van der Waals surface area contributed by atoms with Crippen LogP contribution in [-0.2, 0) is 4.79 Å². The maximum absolute atomic E-state index is 12.5. The number of benzene rings is 1. The summed E-state index contributed by atoms with van der Waals surface area (Å²) in [6.45, 7) is 6.68. The summed E-state index contributed by atoms with van der Waals surface area (Å²) < 4.78 is 7.28. The third kappa shape index (κ3) is 3.70. The van der Waals surface area contributed by atoms with E-state index < -0.39 is 6.04 Å². The Labute approximate surface area is 176 Å². The Morgan fingerprint density at radius 1 is 1.10 bits per heavy atom. The fourth-order valence-corrected chi connectivity index (χ4v) is 3.74. The van der Waals surface area contributed by atoms with E-state index >= 15 is 0 Å². The molecule has 8 nitrogen and oxygen atoms in total. The molecule has 0 radical (unpaired) electrons. The highest BCUT2D eigenvalue weighted by Gasteiger charge is 2.27. The molecular formula is C22H28N6O2. The Morgan fingerprint density at radius 3 is 2.53 bits per heavy atom. The number of hydrogen-bond acceptors (Lipinski definition) is 6.